The molecule has 0 saturated carbocycles. The molecule has 21 heavy (non-hydrogen) atoms. The fourth-order valence-corrected chi connectivity index (χ4v) is 2.54. The van der Waals surface area contributed by atoms with Gasteiger partial charge in [-0.15, -0.1) is 5.10 Å². The molecule has 0 aliphatic carbocycles. The van der Waals surface area contributed by atoms with E-state index >= 15 is 0 Å². The first kappa shape index (κ1) is 15.9. The maximum absolute atomic E-state index is 12.0. The number of nitrogens with one attached hydrogen (secondary N) is 1. The summed E-state index contributed by atoms with van der Waals surface area (Å²) < 4.78 is 2.64. The molecule has 6 nitrogen and oxygen atoms in total. The first-order valence-corrected chi connectivity index (χ1v) is 7.72. The van der Waals surface area contributed by atoms with E-state index in [0.29, 0.717) is 12.8 Å². The van der Waals surface area contributed by atoms with Gasteiger partial charge in [0, 0.05) is 22.1 Å². The van der Waals surface area contributed by atoms with E-state index in [1.807, 2.05) is 25.1 Å². The number of nitrogens with zero attached hydrogens (tertiary/aromatic N) is 3. The summed E-state index contributed by atoms with van der Waals surface area (Å²) in [5.74, 6) is -0.141. The minimum absolute atomic E-state index is 0.123. The SMILES string of the molecule is Cc1cc(I)ccc1NC(=O)Cn1cc(CCCO)nn1. The summed E-state index contributed by atoms with van der Waals surface area (Å²) in [6.07, 6.45) is 3.04. The Hall–Kier alpha value is -1.48. The molecule has 0 saturated heterocycles. The lowest BCUT2D eigenvalue weighted by Crippen LogP contribution is -2.19. The van der Waals surface area contributed by atoms with Gasteiger partial charge in [0.1, 0.15) is 6.54 Å². The Morgan fingerprint density at radius 2 is 2.29 bits per heavy atom. The fraction of sp³-hybridized carbons (Fsp3) is 0.357. The van der Waals surface area contributed by atoms with Gasteiger partial charge >= 0.3 is 0 Å². The second kappa shape index (κ2) is 7.51. The maximum atomic E-state index is 12.0. The number of amides is 1. The summed E-state index contributed by atoms with van der Waals surface area (Å²) in [5.41, 5.74) is 2.61. The summed E-state index contributed by atoms with van der Waals surface area (Å²) in [5, 5.41) is 19.5. The van der Waals surface area contributed by atoms with Crippen LogP contribution in [0.25, 0.3) is 0 Å². The van der Waals surface area contributed by atoms with Crippen LogP contribution in [0.4, 0.5) is 5.69 Å². The highest BCUT2D eigenvalue weighted by molar-refractivity contribution is 14.1. The molecule has 0 radical (unpaired) electrons. The molecule has 112 valence electrons. The van der Waals surface area contributed by atoms with Crippen molar-refractivity contribution < 1.29 is 9.90 Å². The minimum atomic E-state index is -0.141. The van der Waals surface area contributed by atoms with Crippen LogP contribution in [-0.4, -0.2) is 32.6 Å². The molecule has 0 fully saturated rings. The quantitative estimate of drug-likeness (QED) is 0.725. The molecular weight excluding hydrogens is 383 g/mol. The molecule has 0 unspecified atom stereocenters. The monoisotopic (exact) mass is 400 g/mol. The van der Waals surface area contributed by atoms with Gasteiger partial charge in [-0.05, 0) is 66.1 Å². The van der Waals surface area contributed by atoms with Gasteiger partial charge in [-0.1, -0.05) is 5.21 Å². The highest BCUT2D eigenvalue weighted by atomic mass is 127. The zero-order valence-electron chi connectivity index (χ0n) is 11.7. The maximum Gasteiger partial charge on any atom is 0.246 e. The topological polar surface area (TPSA) is 80.0 Å². The van der Waals surface area contributed by atoms with Crippen LogP contribution in [0.15, 0.2) is 24.4 Å². The zero-order chi connectivity index (χ0) is 15.2. The van der Waals surface area contributed by atoms with Crippen LogP contribution in [0, 0.1) is 10.5 Å². The zero-order valence-corrected chi connectivity index (χ0v) is 13.9. The van der Waals surface area contributed by atoms with Crippen molar-refractivity contribution in [2.45, 2.75) is 26.3 Å². The lowest BCUT2D eigenvalue weighted by Gasteiger charge is -2.08. The second-order valence-electron chi connectivity index (χ2n) is 4.74. The van der Waals surface area contributed by atoms with Crippen LogP contribution in [-0.2, 0) is 17.8 Å². The lowest BCUT2D eigenvalue weighted by atomic mass is 10.2. The molecule has 2 rings (SSSR count). The van der Waals surface area contributed by atoms with Gasteiger partial charge in [0.05, 0.1) is 5.69 Å². The fourth-order valence-electron chi connectivity index (χ4n) is 1.89. The van der Waals surface area contributed by atoms with Crippen molar-refractivity contribution in [3.05, 3.63) is 39.2 Å². The molecule has 1 aromatic carbocycles. The Balaban J connectivity index is 1.93. The minimum Gasteiger partial charge on any atom is -0.396 e. The second-order valence-corrected chi connectivity index (χ2v) is 5.99. The van der Waals surface area contributed by atoms with Gasteiger partial charge < -0.3 is 10.4 Å². The number of aliphatic hydroxyl groups excluding tert-OH is 1. The Morgan fingerprint density at radius 1 is 1.48 bits per heavy atom. The number of carbonyl (C=O) groups excluding carboxylic acids is 1. The molecule has 0 aliphatic heterocycles. The van der Waals surface area contributed by atoms with E-state index in [-0.39, 0.29) is 19.1 Å². The number of benzene rings is 1. The summed E-state index contributed by atoms with van der Waals surface area (Å²) in [4.78, 5) is 12.0. The van der Waals surface area contributed by atoms with Crippen LogP contribution >= 0.6 is 22.6 Å². The number of carbonyl (C=O) groups is 1. The van der Waals surface area contributed by atoms with Crippen molar-refractivity contribution >= 4 is 34.2 Å². The average molecular weight is 400 g/mol. The molecule has 0 spiro atoms. The van der Waals surface area contributed by atoms with Crippen molar-refractivity contribution in [3.8, 4) is 0 Å². The molecule has 1 amide bonds. The van der Waals surface area contributed by atoms with Crippen molar-refractivity contribution in [2.24, 2.45) is 0 Å². The number of rotatable bonds is 6. The molecule has 0 bridgehead atoms. The van der Waals surface area contributed by atoms with E-state index in [4.69, 9.17) is 5.11 Å². The highest BCUT2D eigenvalue weighted by Crippen LogP contribution is 2.17. The van der Waals surface area contributed by atoms with E-state index in [0.717, 1.165) is 20.5 Å². The molecule has 1 aromatic heterocycles. The molecule has 7 heteroatoms. The third kappa shape index (κ3) is 4.78. The van der Waals surface area contributed by atoms with Crippen LogP contribution in [0.2, 0.25) is 0 Å². The number of halogens is 1. The largest absolute Gasteiger partial charge is 0.396 e. The van der Waals surface area contributed by atoms with Crippen molar-refractivity contribution in [3.63, 3.8) is 0 Å². The molecule has 0 aliphatic rings. The molecular formula is C14H17IN4O2. The molecule has 2 N–H and O–H groups in total. The van der Waals surface area contributed by atoms with Gasteiger partial charge in [0.15, 0.2) is 0 Å². The van der Waals surface area contributed by atoms with Crippen LogP contribution < -0.4 is 5.32 Å². The smallest absolute Gasteiger partial charge is 0.246 e. The summed E-state index contributed by atoms with van der Waals surface area (Å²) >= 11 is 2.24. The number of aliphatic hydroxyl groups is 1. The van der Waals surface area contributed by atoms with E-state index in [2.05, 4.69) is 38.2 Å². The van der Waals surface area contributed by atoms with Crippen LogP contribution in [0.5, 0.6) is 0 Å². The predicted octanol–water partition coefficient (Wildman–Crippen LogP) is 1.75. The van der Waals surface area contributed by atoms with Gasteiger partial charge in [-0.3, -0.25) is 4.79 Å². The number of aryl methyl sites for hydroxylation is 2. The number of hydrogen-bond donors (Lipinski definition) is 2. The van der Waals surface area contributed by atoms with Gasteiger partial charge in [-0.25, -0.2) is 4.68 Å². The van der Waals surface area contributed by atoms with Gasteiger partial charge in [-0.2, -0.15) is 0 Å². The van der Waals surface area contributed by atoms with Crippen molar-refractivity contribution in [2.75, 3.05) is 11.9 Å². The van der Waals surface area contributed by atoms with E-state index in [9.17, 15) is 4.79 Å². The van der Waals surface area contributed by atoms with E-state index < -0.39 is 0 Å². The Kier molecular flexibility index (Phi) is 5.68. The summed E-state index contributed by atoms with van der Waals surface area (Å²) in [7, 11) is 0. The normalized spacial score (nSPS) is 10.6. The third-order valence-corrected chi connectivity index (χ3v) is 3.62. The third-order valence-electron chi connectivity index (χ3n) is 2.95. The van der Waals surface area contributed by atoms with Crippen molar-refractivity contribution in [1.82, 2.24) is 15.0 Å². The average Bonchev–Trinajstić information content (AvgIpc) is 2.87. The Bertz CT molecular complexity index is 627. The van der Waals surface area contributed by atoms with Crippen LogP contribution in [0.3, 0.4) is 0 Å². The van der Waals surface area contributed by atoms with E-state index in [1.54, 1.807) is 6.20 Å². The van der Waals surface area contributed by atoms with Crippen LogP contribution in [0.1, 0.15) is 17.7 Å². The Labute approximate surface area is 136 Å². The number of aromatic nitrogens is 3. The van der Waals surface area contributed by atoms with E-state index in [1.165, 1.54) is 4.68 Å². The summed E-state index contributed by atoms with van der Waals surface area (Å²) in [6.45, 7) is 2.21. The van der Waals surface area contributed by atoms with Gasteiger partial charge in [0.2, 0.25) is 5.91 Å². The molecule has 2 aromatic rings. The standard InChI is InChI=1S/C14H17IN4O2/c1-10-7-11(15)4-5-13(10)16-14(21)9-19-8-12(17-18-19)3-2-6-20/h4-5,7-8,20H,2-3,6,9H2,1H3,(H,16,21). The summed E-state index contributed by atoms with van der Waals surface area (Å²) in [6, 6.07) is 5.85. The number of anilines is 1. The number of hydrogen-bond acceptors (Lipinski definition) is 4. The Morgan fingerprint density at radius 3 is 3.00 bits per heavy atom. The predicted molar refractivity (Wildman–Crippen MR) is 88.0 cm³/mol. The van der Waals surface area contributed by atoms with Gasteiger partial charge in [0.25, 0.3) is 0 Å². The highest BCUT2D eigenvalue weighted by Gasteiger charge is 2.08. The molecule has 1 heterocycles. The van der Waals surface area contributed by atoms with Crippen molar-refractivity contribution in [1.29, 1.82) is 0 Å². The first-order chi connectivity index (χ1) is 10.1. The first-order valence-electron chi connectivity index (χ1n) is 6.64. The lowest BCUT2D eigenvalue weighted by molar-refractivity contribution is -0.116. The molecule has 0 atom stereocenters.